The van der Waals surface area contributed by atoms with E-state index >= 15 is 0 Å². The molecule has 2 heterocycles. The maximum atomic E-state index is 12.9. The average Bonchev–Trinajstić information content (AvgIpc) is 2.39. The van der Waals surface area contributed by atoms with Crippen LogP contribution in [0.25, 0.3) is 11.5 Å². The van der Waals surface area contributed by atoms with Gasteiger partial charge in [-0.3, -0.25) is 0 Å². The Hall–Kier alpha value is -2.04. The van der Waals surface area contributed by atoms with Crippen LogP contribution in [0.4, 0.5) is 10.2 Å². The summed E-state index contributed by atoms with van der Waals surface area (Å²) in [6.07, 6.45) is 1.17. The highest BCUT2D eigenvalue weighted by atomic mass is 19.1. The van der Waals surface area contributed by atoms with Gasteiger partial charge in [-0.05, 0) is 25.0 Å². The Bertz CT molecular complexity index is 552. The van der Waals surface area contributed by atoms with Crippen LogP contribution < -0.4 is 5.32 Å². The van der Waals surface area contributed by atoms with E-state index in [0.29, 0.717) is 17.4 Å². The summed E-state index contributed by atoms with van der Waals surface area (Å²) in [5.41, 5.74) is 1.51. The van der Waals surface area contributed by atoms with Crippen LogP contribution in [-0.4, -0.2) is 21.5 Å². The first kappa shape index (κ1) is 13.4. The van der Waals surface area contributed by atoms with Gasteiger partial charge in [-0.1, -0.05) is 13.8 Å². The minimum Gasteiger partial charge on any atom is -0.370 e. The number of nitrogens with zero attached hydrogens (tertiary/aromatic N) is 3. The lowest BCUT2D eigenvalue weighted by atomic mass is 10.1. The zero-order chi connectivity index (χ0) is 13.8. The first-order valence-corrected chi connectivity index (χ1v) is 6.35. The van der Waals surface area contributed by atoms with Gasteiger partial charge in [0.1, 0.15) is 17.3 Å². The number of anilines is 1. The smallest absolute Gasteiger partial charge is 0.180 e. The number of halogens is 1. The fourth-order valence-electron chi connectivity index (χ4n) is 1.66. The van der Waals surface area contributed by atoms with Gasteiger partial charge in [0.25, 0.3) is 0 Å². The topological polar surface area (TPSA) is 50.7 Å². The molecule has 2 aromatic heterocycles. The first-order valence-electron chi connectivity index (χ1n) is 6.35. The van der Waals surface area contributed by atoms with E-state index in [1.807, 2.05) is 13.0 Å². The molecule has 100 valence electrons. The van der Waals surface area contributed by atoms with Gasteiger partial charge in [-0.15, -0.1) is 0 Å². The average molecular weight is 260 g/mol. The van der Waals surface area contributed by atoms with E-state index in [1.165, 1.54) is 12.3 Å². The predicted octanol–water partition coefficient (Wildman–Crippen LogP) is 3.23. The quantitative estimate of drug-likeness (QED) is 0.917. The molecule has 0 unspecified atom stereocenters. The van der Waals surface area contributed by atoms with Crippen molar-refractivity contribution in [2.24, 2.45) is 0 Å². The summed E-state index contributed by atoms with van der Waals surface area (Å²) in [7, 11) is 0. The summed E-state index contributed by atoms with van der Waals surface area (Å²) in [5.74, 6) is 1.21. The Morgan fingerprint density at radius 2 is 2.05 bits per heavy atom. The number of aromatic nitrogens is 3. The molecule has 4 nitrogen and oxygen atoms in total. The van der Waals surface area contributed by atoms with Gasteiger partial charge in [0.05, 0.1) is 6.20 Å². The normalized spacial score (nSPS) is 10.8. The van der Waals surface area contributed by atoms with Gasteiger partial charge in [0.15, 0.2) is 5.82 Å². The third-order valence-electron chi connectivity index (χ3n) is 2.65. The molecular formula is C14H17FN4. The number of nitrogens with one attached hydrogen (secondary N) is 1. The fraction of sp³-hybridized carbons (Fsp3) is 0.357. The Morgan fingerprint density at radius 1 is 1.26 bits per heavy atom. The lowest BCUT2D eigenvalue weighted by molar-refractivity contribution is 0.621. The van der Waals surface area contributed by atoms with Crippen LogP contribution in [0.5, 0.6) is 0 Å². The molecule has 0 aliphatic carbocycles. The van der Waals surface area contributed by atoms with Gasteiger partial charge < -0.3 is 5.32 Å². The number of rotatable bonds is 4. The highest BCUT2D eigenvalue weighted by molar-refractivity contribution is 5.53. The molecule has 0 saturated heterocycles. The lowest BCUT2D eigenvalue weighted by Gasteiger charge is -2.10. The molecule has 19 heavy (non-hydrogen) atoms. The molecule has 0 fully saturated rings. The molecule has 0 bridgehead atoms. The lowest BCUT2D eigenvalue weighted by Crippen LogP contribution is -2.05. The summed E-state index contributed by atoms with van der Waals surface area (Å²) in [5, 5.41) is 3.17. The van der Waals surface area contributed by atoms with Crippen molar-refractivity contribution in [1.29, 1.82) is 0 Å². The van der Waals surface area contributed by atoms with Gasteiger partial charge in [0.2, 0.25) is 0 Å². The second-order valence-corrected chi connectivity index (χ2v) is 4.55. The Balaban J connectivity index is 2.46. The van der Waals surface area contributed by atoms with Crippen LogP contribution in [0.3, 0.4) is 0 Å². The maximum Gasteiger partial charge on any atom is 0.180 e. The summed E-state index contributed by atoms with van der Waals surface area (Å²) in [6.45, 7) is 6.93. The molecule has 0 aliphatic rings. The second-order valence-electron chi connectivity index (χ2n) is 4.55. The first-order chi connectivity index (χ1) is 9.10. The molecule has 0 saturated carbocycles. The van der Waals surface area contributed by atoms with E-state index in [2.05, 4.69) is 34.1 Å². The number of hydrogen-bond acceptors (Lipinski definition) is 4. The van der Waals surface area contributed by atoms with Gasteiger partial charge in [-0.25, -0.2) is 19.3 Å². The van der Waals surface area contributed by atoms with Crippen LogP contribution in [0, 0.1) is 5.82 Å². The van der Waals surface area contributed by atoms with Crippen molar-refractivity contribution in [3.63, 3.8) is 0 Å². The fourth-order valence-corrected chi connectivity index (χ4v) is 1.66. The summed E-state index contributed by atoms with van der Waals surface area (Å²) in [4.78, 5) is 12.9. The second kappa shape index (κ2) is 5.73. The van der Waals surface area contributed by atoms with Crippen molar-refractivity contribution in [2.45, 2.75) is 26.7 Å². The van der Waals surface area contributed by atoms with Crippen LogP contribution in [0.1, 0.15) is 32.4 Å². The summed E-state index contributed by atoms with van der Waals surface area (Å²) < 4.78 is 12.9. The summed E-state index contributed by atoms with van der Waals surface area (Å²) >= 11 is 0. The van der Waals surface area contributed by atoms with Gasteiger partial charge in [-0.2, -0.15) is 0 Å². The monoisotopic (exact) mass is 260 g/mol. The van der Waals surface area contributed by atoms with Crippen molar-refractivity contribution in [3.8, 4) is 11.5 Å². The molecular weight excluding hydrogens is 243 g/mol. The van der Waals surface area contributed by atoms with E-state index in [0.717, 1.165) is 18.1 Å². The Labute approximate surface area is 112 Å². The van der Waals surface area contributed by atoms with Crippen LogP contribution in [0.2, 0.25) is 0 Å². The van der Waals surface area contributed by atoms with Crippen molar-refractivity contribution in [2.75, 3.05) is 11.9 Å². The van der Waals surface area contributed by atoms with Gasteiger partial charge >= 0.3 is 0 Å². The molecule has 0 atom stereocenters. The highest BCUT2D eigenvalue weighted by Crippen LogP contribution is 2.20. The molecule has 2 aromatic rings. The van der Waals surface area contributed by atoms with E-state index in [4.69, 9.17) is 0 Å². The number of hydrogen-bond donors (Lipinski definition) is 1. The Kier molecular flexibility index (Phi) is 4.04. The SMILES string of the molecule is CCNc1cc(C(C)C)nc(-c2ccc(F)cn2)n1. The highest BCUT2D eigenvalue weighted by Gasteiger charge is 2.10. The van der Waals surface area contributed by atoms with E-state index in [1.54, 1.807) is 6.07 Å². The van der Waals surface area contributed by atoms with Crippen molar-refractivity contribution in [1.82, 2.24) is 15.0 Å². The largest absolute Gasteiger partial charge is 0.370 e. The van der Waals surface area contributed by atoms with Crippen molar-refractivity contribution in [3.05, 3.63) is 35.9 Å². The van der Waals surface area contributed by atoms with E-state index < -0.39 is 0 Å². The zero-order valence-electron chi connectivity index (χ0n) is 11.3. The standard InChI is InChI=1S/C14H17FN4/c1-4-16-13-7-12(9(2)3)18-14(19-13)11-6-5-10(15)8-17-11/h5-9H,4H2,1-3H3,(H,16,18,19). The van der Waals surface area contributed by atoms with E-state index in [-0.39, 0.29) is 5.82 Å². The maximum absolute atomic E-state index is 12.9. The van der Waals surface area contributed by atoms with Crippen LogP contribution in [0.15, 0.2) is 24.4 Å². The third kappa shape index (κ3) is 3.24. The van der Waals surface area contributed by atoms with E-state index in [9.17, 15) is 4.39 Å². The summed E-state index contributed by atoms with van der Waals surface area (Å²) in [6, 6.07) is 4.88. The molecule has 0 aromatic carbocycles. The van der Waals surface area contributed by atoms with Crippen molar-refractivity contribution < 1.29 is 4.39 Å². The zero-order valence-corrected chi connectivity index (χ0v) is 11.3. The molecule has 0 radical (unpaired) electrons. The molecule has 5 heteroatoms. The van der Waals surface area contributed by atoms with Crippen LogP contribution >= 0.6 is 0 Å². The van der Waals surface area contributed by atoms with Crippen LogP contribution in [-0.2, 0) is 0 Å². The van der Waals surface area contributed by atoms with Crippen molar-refractivity contribution >= 4 is 5.82 Å². The minimum absolute atomic E-state index is 0.291. The third-order valence-corrected chi connectivity index (χ3v) is 2.65. The molecule has 0 spiro atoms. The molecule has 0 amide bonds. The molecule has 0 aliphatic heterocycles. The molecule has 1 N–H and O–H groups in total. The molecule has 2 rings (SSSR count). The minimum atomic E-state index is -0.365. The number of pyridine rings is 1. The predicted molar refractivity (Wildman–Crippen MR) is 73.5 cm³/mol. The van der Waals surface area contributed by atoms with Gasteiger partial charge in [0, 0.05) is 18.3 Å². The Morgan fingerprint density at radius 3 is 2.63 bits per heavy atom.